The zero-order valence-electron chi connectivity index (χ0n) is 78.8. The number of hydrogen-bond donors (Lipinski definition) is 9. The number of rotatable bonds is 28. The van der Waals surface area contributed by atoms with Crippen LogP contribution in [0, 0.1) is 17.2 Å². The molecule has 12 aromatic rings. The van der Waals surface area contributed by atoms with Crippen LogP contribution in [0.5, 0.6) is 40.2 Å². The van der Waals surface area contributed by atoms with Gasteiger partial charge in [0.25, 0.3) is 16.7 Å². The lowest BCUT2D eigenvalue weighted by Crippen LogP contribution is -2.47. The van der Waals surface area contributed by atoms with Crippen molar-refractivity contribution in [2.24, 2.45) is 32.5 Å². The Morgan fingerprint density at radius 3 is 1.13 bits per heavy atom. The minimum atomic E-state index is -0.426. The molecular formula is C101H117FN20O16. The SMILES string of the molecule is COc1cc(-c2cn(C)c(=O)c3[nH]ncc23)cc(F)c1CN1CCC(COc2ccc(NC3CCC(=O)NC3=O)cc2)CC1.COc1cc(-c2cn(C)c(=O)c3[nH]ncc23)cc(OC)c1CN1CCC2(CC1)CCN(c1ccc(NC3CCC(=O)NC3=O)cc1)CC2.COc1cc(-c2cn(C)c(=O)c3[nH]ncc23)cc(OC)c1CN1CCN(CCOc2ccc(NC3CCC(=O)NC3=O)cc2)CC1. The van der Waals surface area contributed by atoms with Crippen molar-refractivity contribution in [3.8, 4) is 73.6 Å². The number of H-pyrrole nitrogens is 3. The molecule has 138 heavy (non-hydrogen) atoms. The van der Waals surface area contributed by atoms with Crippen molar-refractivity contribution in [3.63, 3.8) is 0 Å². The molecule has 0 saturated carbocycles. The normalized spacial score (nSPS) is 18.5. The lowest BCUT2D eigenvalue weighted by molar-refractivity contribution is -0.135. The van der Waals surface area contributed by atoms with Crippen molar-refractivity contribution >= 4 is 90.9 Å². The molecule has 724 valence electrons. The second kappa shape index (κ2) is 42.5. The van der Waals surface area contributed by atoms with E-state index < -0.39 is 12.1 Å². The summed E-state index contributed by atoms with van der Waals surface area (Å²) in [6.07, 6.45) is 19.3. The third-order valence-corrected chi connectivity index (χ3v) is 27.8. The van der Waals surface area contributed by atoms with E-state index in [1.165, 1.54) is 36.3 Å². The average molecular weight is 1890 g/mol. The molecule has 37 heteroatoms. The number of methoxy groups -OCH3 is 5. The van der Waals surface area contributed by atoms with Crippen LogP contribution in [0.25, 0.3) is 66.1 Å². The fraction of sp³-hybridized carbons (Fsp3) is 0.406. The van der Waals surface area contributed by atoms with E-state index >= 15 is 4.39 Å². The van der Waals surface area contributed by atoms with Gasteiger partial charge in [-0.2, -0.15) is 15.3 Å². The first-order valence-corrected chi connectivity index (χ1v) is 46.8. The monoisotopic (exact) mass is 1880 g/mol. The number of pyridine rings is 3. The fourth-order valence-electron chi connectivity index (χ4n) is 19.6. The van der Waals surface area contributed by atoms with Crippen molar-refractivity contribution in [2.75, 3.05) is 142 Å². The number of aromatic amines is 3. The molecule has 7 saturated heterocycles. The molecule has 6 aromatic carbocycles. The maximum absolute atomic E-state index is 15.6. The number of anilines is 4. The maximum Gasteiger partial charge on any atom is 0.276 e. The van der Waals surface area contributed by atoms with Crippen LogP contribution in [0.4, 0.5) is 27.1 Å². The summed E-state index contributed by atoms with van der Waals surface area (Å²) in [6.45, 7) is 13.1. The summed E-state index contributed by atoms with van der Waals surface area (Å²) in [7, 11) is 13.4. The van der Waals surface area contributed by atoms with Gasteiger partial charge in [0, 0.05) is 186 Å². The van der Waals surface area contributed by atoms with E-state index in [0.717, 1.165) is 200 Å². The lowest BCUT2D eigenvalue weighted by atomic mass is 9.71. The molecule has 0 radical (unpaired) electrons. The third kappa shape index (κ3) is 21.7. The number of carbonyl (C=O) groups excluding carboxylic acids is 6. The minimum absolute atomic E-state index is 0.120. The molecule has 9 N–H and O–H groups in total. The Morgan fingerprint density at radius 2 is 0.739 bits per heavy atom. The summed E-state index contributed by atoms with van der Waals surface area (Å²) in [5.41, 5.74) is 12.3. The molecule has 6 aromatic heterocycles. The first-order chi connectivity index (χ1) is 66.9. The van der Waals surface area contributed by atoms with Gasteiger partial charge < -0.3 is 67.7 Å². The van der Waals surface area contributed by atoms with Crippen molar-refractivity contribution in [1.29, 1.82) is 0 Å². The Labute approximate surface area is 795 Å². The Balaban J connectivity index is 0.000000143. The van der Waals surface area contributed by atoms with E-state index in [2.05, 4.69) is 99.1 Å². The number of aryl methyl sites for hydroxylation is 3. The predicted octanol–water partition coefficient (Wildman–Crippen LogP) is 9.99. The van der Waals surface area contributed by atoms with Crippen LogP contribution in [0.3, 0.4) is 0 Å². The van der Waals surface area contributed by atoms with Gasteiger partial charge in [-0.25, -0.2) is 4.39 Å². The van der Waals surface area contributed by atoms with E-state index in [1.807, 2.05) is 103 Å². The second-order valence-electron chi connectivity index (χ2n) is 36.5. The molecule has 3 atom stereocenters. The molecule has 0 aliphatic carbocycles. The number of benzene rings is 6. The highest BCUT2D eigenvalue weighted by Crippen LogP contribution is 2.46. The van der Waals surface area contributed by atoms with Gasteiger partial charge in [0.15, 0.2) is 0 Å². The number of aromatic nitrogens is 9. The van der Waals surface area contributed by atoms with E-state index in [-0.39, 0.29) is 64.0 Å². The van der Waals surface area contributed by atoms with E-state index in [0.29, 0.717) is 121 Å². The number of hydrogen-bond acceptors (Lipinski definition) is 27. The Hall–Kier alpha value is -14.4. The summed E-state index contributed by atoms with van der Waals surface area (Å²) in [4.78, 5) is 120. The fourth-order valence-corrected chi connectivity index (χ4v) is 19.6. The number of carbonyl (C=O) groups is 6. The smallest absolute Gasteiger partial charge is 0.276 e. The quantitative estimate of drug-likeness (QED) is 0.0206. The number of piperazine rings is 1. The number of nitrogens with zero attached hydrogens (tertiary/aromatic N) is 11. The minimum Gasteiger partial charge on any atom is -0.496 e. The summed E-state index contributed by atoms with van der Waals surface area (Å²) in [5.74, 6) is 3.48. The van der Waals surface area contributed by atoms with Gasteiger partial charge in [-0.15, -0.1) is 0 Å². The van der Waals surface area contributed by atoms with Crippen LogP contribution in [0.15, 0.2) is 161 Å². The highest BCUT2D eigenvalue weighted by atomic mass is 19.1. The van der Waals surface area contributed by atoms with Gasteiger partial charge in [0.1, 0.15) is 87.3 Å². The second-order valence-corrected chi connectivity index (χ2v) is 36.5. The van der Waals surface area contributed by atoms with Crippen molar-refractivity contribution in [3.05, 3.63) is 200 Å². The van der Waals surface area contributed by atoms with Crippen LogP contribution in [-0.2, 0) is 69.5 Å². The third-order valence-electron chi connectivity index (χ3n) is 27.8. The van der Waals surface area contributed by atoms with Crippen LogP contribution < -0.4 is 86.6 Å². The number of imide groups is 3. The highest BCUT2D eigenvalue weighted by Gasteiger charge is 2.39. The molecule has 6 amide bonds. The van der Waals surface area contributed by atoms with E-state index in [4.69, 9.17) is 33.2 Å². The molecule has 7 aliphatic rings. The summed E-state index contributed by atoms with van der Waals surface area (Å²) >= 11 is 0. The van der Waals surface area contributed by atoms with Gasteiger partial charge >= 0.3 is 0 Å². The Kier molecular flexibility index (Phi) is 29.3. The maximum atomic E-state index is 15.6. The summed E-state index contributed by atoms with van der Waals surface area (Å²) in [6, 6.07) is 33.4. The number of piperidine rings is 6. The number of fused-ring (bicyclic) bond motifs is 3. The summed E-state index contributed by atoms with van der Waals surface area (Å²) < 4.78 is 61.3. The first kappa shape index (κ1) is 95.3. The Morgan fingerprint density at radius 1 is 0.399 bits per heavy atom. The van der Waals surface area contributed by atoms with Crippen LogP contribution in [0.1, 0.15) is 93.7 Å². The Bertz CT molecular complexity index is 6610. The molecule has 1 spiro atoms. The number of likely N-dealkylation sites (tertiary alicyclic amines) is 2. The van der Waals surface area contributed by atoms with Gasteiger partial charge in [0.2, 0.25) is 35.4 Å². The molecule has 0 bridgehead atoms. The number of ether oxygens (including phenoxy) is 7. The molecule has 3 unspecified atom stereocenters. The van der Waals surface area contributed by atoms with Crippen LogP contribution in [0.2, 0.25) is 0 Å². The zero-order valence-corrected chi connectivity index (χ0v) is 78.8. The van der Waals surface area contributed by atoms with Crippen LogP contribution in [-0.4, -0.2) is 238 Å². The zero-order chi connectivity index (χ0) is 96.4. The van der Waals surface area contributed by atoms with Gasteiger partial charge in [-0.3, -0.25) is 94.0 Å². The van der Waals surface area contributed by atoms with Gasteiger partial charge in [0.05, 0.1) is 71.9 Å². The summed E-state index contributed by atoms with van der Waals surface area (Å²) in [5, 5.41) is 39.5. The largest absolute Gasteiger partial charge is 0.496 e. The lowest BCUT2D eigenvalue weighted by Gasteiger charge is -2.47. The van der Waals surface area contributed by atoms with Crippen LogP contribution >= 0.6 is 0 Å². The standard InChI is InChI=1S/C36H43N7O5.C33H39N7O6.C32H35FN6O5/c1-41-21-27(26-20-37-40-33(26)35(41)46)23-18-30(47-2)28(31(19-23)48-3)22-42-14-10-36(11-15-42)12-16-43(17-13-36)25-6-4-24(5-7-25)38-29-8-9-32(44)39-34(29)45;1-38-19-25(24-18-34-37-31(24)33(38)43)21-16-28(44-2)26(29(17-21)45-3)20-40-12-10-39(11-13-40)14-15-46-23-6-4-22(5-7-23)35-27-8-9-30(41)36-32(27)42;1-38-16-24(23-15-34-37-30(23)32(38)42)20-13-26(33)25(28(14-20)43-2)17-39-11-9-19(10-12-39)18-44-22-5-3-21(4-6-22)35-27-7-8-29(40)36-31(27)41/h4-7,18-21,29,38H,8-17,22H2,1-3H3,(H,37,40)(H,39,44,45);4-7,16-19,27,35H,8-15,20H2,1-3H3,(H,34,37)(H,36,41,42);3-6,13-16,19,27,35H,7-12,17-18H2,1-2H3,(H,34,37)(H,36,40,41). The molecular weight excluding hydrogens is 1770 g/mol. The predicted molar refractivity (Wildman–Crippen MR) is 521 cm³/mol. The molecule has 7 aliphatic heterocycles. The van der Waals surface area contributed by atoms with Gasteiger partial charge in [-0.05, 0) is 221 Å². The van der Waals surface area contributed by atoms with Crippen molar-refractivity contribution in [1.82, 2.24) is 79.8 Å². The van der Waals surface area contributed by atoms with Gasteiger partial charge in [-0.1, -0.05) is 0 Å². The highest BCUT2D eigenvalue weighted by molar-refractivity contribution is 6.03. The molecule has 19 rings (SSSR count). The van der Waals surface area contributed by atoms with E-state index in [9.17, 15) is 43.2 Å². The topological polar surface area (TPSA) is 407 Å². The molecule has 36 nitrogen and oxygen atoms in total. The molecule has 13 heterocycles. The first-order valence-electron chi connectivity index (χ1n) is 46.8. The molecule has 7 fully saturated rings. The number of halogens is 1. The number of amides is 6. The number of nitrogens with one attached hydrogen (secondary N) is 9. The van der Waals surface area contributed by atoms with Crippen molar-refractivity contribution < 1.29 is 66.3 Å². The van der Waals surface area contributed by atoms with Crippen molar-refractivity contribution in [2.45, 2.75) is 115 Å². The average Bonchev–Trinajstić information content (AvgIpc) is 1.60. The van der Waals surface area contributed by atoms with E-state index in [1.54, 1.807) is 83.5 Å².